The van der Waals surface area contributed by atoms with Gasteiger partial charge in [0.1, 0.15) is 36.3 Å². The van der Waals surface area contributed by atoms with E-state index in [9.17, 15) is 62.3 Å². The van der Waals surface area contributed by atoms with Gasteiger partial charge in [-0.15, -0.1) is 0 Å². The first-order valence-corrected chi connectivity index (χ1v) is 29.9. The van der Waals surface area contributed by atoms with Crippen LogP contribution in [0.5, 0.6) is 0 Å². The number of unbranched alkanes of at least 4 members (excludes halogenated alkanes) is 2. The van der Waals surface area contributed by atoms with Crippen LogP contribution >= 0.6 is 24.4 Å². The first-order valence-electron chi connectivity index (χ1n) is 28.3. The molecule has 0 aliphatic carbocycles. The van der Waals surface area contributed by atoms with Crippen LogP contribution in [0.3, 0.4) is 0 Å². The number of nitrogens with zero attached hydrogens (tertiary/aromatic N) is 2. The van der Waals surface area contributed by atoms with E-state index in [1.165, 1.54) is 4.90 Å². The fraction of sp³-hybridized carbons (Fsp3) is 0.725. The summed E-state index contributed by atoms with van der Waals surface area (Å²) in [6.07, 6.45) is 4.47. The molecule has 0 aromatic rings. The maximum Gasteiger partial charge on any atom is 0.327 e. The fourth-order valence-corrected chi connectivity index (χ4v) is 11.1. The molecule has 3 aliphatic heterocycles. The molecule has 0 aromatic heterocycles. The number of hydrogen-bond acceptors (Lipinski definition) is 17. The van der Waals surface area contributed by atoms with Gasteiger partial charge in [-0.1, -0.05) is 34.1 Å². The van der Waals surface area contributed by atoms with Gasteiger partial charge in [0.15, 0.2) is 5.96 Å². The monoisotopic (exact) mass is 1230 g/mol. The summed E-state index contributed by atoms with van der Waals surface area (Å²) in [5.41, 5.74) is 16.5. The van der Waals surface area contributed by atoms with Crippen molar-refractivity contribution in [2.75, 3.05) is 63.9 Å². The Labute approximate surface area is 497 Å². The van der Waals surface area contributed by atoms with Crippen molar-refractivity contribution in [3.8, 4) is 0 Å². The summed E-state index contributed by atoms with van der Waals surface area (Å²) in [7, 11) is 0. The van der Waals surface area contributed by atoms with Crippen LogP contribution in [0, 0.1) is 11.8 Å². The Hall–Kier alpha value is -7.16. The first-order chi connectivity index (χ1) is 39.8. The molecule has 0 saturated carbocycles. The van der Waals surface area contributed by atoms with E-state index in [1.807, 2.05) is 13.8 Å². The van der Waals surface area contributed by atoms with Crippen LogP contribution < -0.4 is 81.0 Å². The van der Waals surface area contributed by atoms with Crippen molar-refractivity contribution in [1.82, 2.24) is 68.7 Å². The zero-order chi connectivity index (χ0) is 62.5. The van der Waals surface area contributed by atoms with Gasteiger partial charge in [0.25, 0.3) is 0 Å². The van der Waals surface area contributed by atoms with Gasteiger partial charge in [-0.3, -0.25) is 57.7 Å². The zero-order valence-electron chi connectivity index (χ0n) is 48.1. The van der Waals surface area contributed by atoms with Crippen LogP contribution in [-0.4, -0.2) is 210 Å². The smallest absolute Gasteiger partial charge is 0.327 e. The summed E-state index contributed by atoms with van der Waals surface area (Å²) in [6, 6.07) is -7.06. The number of carbonyl (C=O) groups is 13. The Morgan fingerprint density at radius 3 is 1.87 bits per heavy atom. The Morgan fingerprint density at radius 1 is 0.679 bits per heavy atom. The molecule has 3 rings (SSSR count). The van der Waals surface area contributed by atoms with Crippen molar-refractivity contribution in [2.45, 2.75) is 158 Å². The molecule has 3 aliphatic rings. The Balaban J connectivity index is 1.54. The van der Waals surface area contributed by atoms with Crippen LogP contribution in [0.1, 0.15) is 105 Å². The topological polar surface area (TPSA) is 480 Å². The quantitative estimate of drug-likeness (QED) is 0.00902. The molecule has 3 saturated heterocycles. The molecule has 0 radical (unpaired) electrons. The predicted molar refractivity (Wildman–Crippen MR) is 312 cm³/mol. The van der Waals surface area contributed by atoms with E-state index in [4.69, 9.17) is 22.3 Å². The van der Waals surface area contributed by atoms with E-state index < -0.39 is 133 Å². The number of likely N-dealkylation sites (tertiary alicyclic amines) is 1. The van der Waals surface area contributed by atoms with Crippen molar-refractivity contribution >= 4 is 107 Å². The second kappa shape index (κ2) is 37.2. The lowest BCUT2D eigenvalue weighted by molar-refractivity contribution is -0.141. The minimum Gasteiger partial charge on any atom is -0.480 e. The molecule has 472 valence electrons. The molecule has 13 amide bonds. The second-order valence-corrected chi connectivity index (χ2v) is 23.0. The number of carboxylic acid groups (broad SMARTS) is 1. The Kier molecular flexibility index (Phi) is 31.5. The van der Waals surface area contributed by atoms with Crippen molar-refractivity contribution in [3.05, 3.63) is 0 Å². The highest BCUT2D eigenvalue weighted by molar-refractivity contribution is 8.00. The number of aliphatic imine (C=N–C) groups is 1. The number of rotatable bonds is 38. The number of thioether (sulfide) groups is 1. The minimum atomic E-state index is -1.33. The molecule has 0 bridgehead atoms. The van der Waals surface area contributed by atoms with Crippen LogP contribution in [-0.2, 0) is 57.5 Å². The molecule has 84 heavy (non-hydrogen) atoms. The normalized spacial score (nSPS) is 18.7. The lowest BCUT2D eigenvalue weighted by Crippen LogP contribution is -2.58. The summed E-state index contributed by atoms with van der Waals surface area (Å²) in [5, 5.41) is 40.0. The molecule has 3 fully saturated rings. The summed E-state index contributed by atoms with van der Waals surface area (Å²) in [4.78, 5) is 173. The van der Waals surface area contributed by atoms with Gasteiger partial charge in [0, 0.05) is 36.3 Å². The zero-order valence-corrected chi connectivity index (χ0v) is 49.9. The number of carboxylic acids is 1. The molecule has 31 nitrogen and oxygen atoms in total. The Morgan fingerprint density at radius 2 is 1.26 bits per heavy atom. The van der Waals surface area contributed by atoms with Gasteiger partial charge < -0.3 is 91.0 Å². The van der Waals surface area contributed by atoms with E-state index in [2.05, 4.69) is 81.4 Å². The molecule has 0 spiro atoms. The summed E-state index contributed by atoms with van der Waals surface area (Å²) >= 11 is 5.65. The van der Waals surface area contributed by atoms with Crippen LogP contribution in [0.4, 0.5) is 4.79 Å². The fourth-order valence-electron chi connectivity index (χ4n) is 9.29. The third-order valence-electron chi connectivity index (χ3n) is 13.7. The third kappa shape index (κ3) is 25.8. The summed E-state index contributed by atoms with van der Waals surface area (Å²) < 4.78 is 0. The largest absolute Gasteiger partial charge is 0.480 e. The van der Waals surface area contributed by atoms with Gasteiger partial charge in [0.05, 0.1) is 44.8 Å². The number of urea groups is 1. The molecule has 19 N–H and O–H groups in total. The lowest BCUT2D eigenvalue weighted by atomic mass is 10.0. The first kappa shape index (κ1) is 71.1. The van der Waals surface area contributed by atoms with Crippen molar-refractivity contribution in [1.29, 1.82) is 0 Å². The van der Waals surface area contributed by atoms with Gasteiger partial charge in [0.2, 0.25) is 65.0 Å². The number of aliphatic carboxylic acids is 1. The standard InChI is InChI=1S/C51H87N17O14S2/c1-27(2)19-31(64-47(78)34-13-10-18-68(34)41(74)24-57-36(69)15-6-5-14-35-43-33(26-84-35)65-51(82)67-43)46(77)60-23-40(73)66-42(28(3)4)48(79)63-30(12-9-17-55-50(53)54)45(76)59-22-39(72)61-29(11-7-8-16-52)44(75)58-20-37(70)56-21-38(71)62-32(25-83)49(80)81/h27-35,42-43,83H,5-26,52H2,1-4H3,(H,56,70)(H,57,69)(H,58,75)(H,59,76)(H,60,77)(H,61,72)(H,62,71)(H,63,79)(H,64,78)(H,66,73)(H,80,81)(H4,53,54,55)(H2,65,67,82)/t29-,30-,31-,32-,33-,34-,35-,42-,43-/m0/s1. The maximum atomic E-state index is 13.8. The Bertz CT molecular complexity index is 2350. The van der Waals surface area contributed by atoms with Gasteiger partial charge in [-0.2, -0.15) is 24.4 Å². The lowest BCUT2D eigenvalue weighted by Gasteiger charge is -2.27. The highest BCUT2D eigenvalue weighted by Crippen LogP contribution is 2.33. The third-order valence-corrected chi connectivity index (χ3v) is 15.6. The van der Waals surface area contributed by atoms with Crippen molar-refractivity contribution < 1.29 is 67.4 Å². The van der Waals surface area contributed by atoms with Crippen molar-refractivity contribution in [3.63, 3.8) is 0 Å². The number of thiol groups is 1. The van der Waals surface area contributed by atoms with Crippen molar-refractivity contribution in [2.24, 2.45) is 34.0 Å². The molecule has 0 aromatic carbocycles. The number of guanidine groups is 1. The average Bonchev–Trinajstić information content (AvgIpc) is 4.41. The van der Waals surface area contributed by atoms with Gasteiger partial charge in [-0.05, 0) is 82.6 Å². The molecule has 3 heterocycles. The van der Waals surface area contributed by atoms with Crippen LogP contribution in [0.15, 0.2) is 4.99 Å². The van der Waals surface area contributed by atoms with E-state index in [1.54, 1.807) is 25.6 Å². The number of fused-ring (bicyclic) bond motifs is 1. The predicted octanol–water partition coefficient (Wildman–Crippen LogP) is -5.39. The maximum absolute atomic E-state index is 13.8. The van der Waals surface area contributed by atoms with E-state index in [0.29, 0.717) is 32.1 Å². The summed E-state index contributed by atoms with van der Waals surface area (Å²) in [5.74, 6) is -9.26. The summed E-state index contributed by atoms with van der Waals surface area (Å²) in [6.45, 7) is 4.69. The SMILES string of the molecule is CC(C)C[C@H](NC(=O)[C@@H]1CCCN1C(=O)CNC(=O)CCCC[C@@H]1SC[C@@H]2NC(=O)N[C@@H]21)C(=O)NCC(=O)N[C@H](C(=O)N[C@@H](CCCN=C(N)N)C(=O)NCC(=O)N[C@@H](CCCCN)C(=O)NCC(=O)NCC(=O)N[C@@H](CS)C(=O)O)C(C)C. The molecular weight excluding hydrogens is 1140 g/mol. The number of nitrogens with one attached hydrogen (secondary N) is 12. The number of hydrogen-bond donors (Lipinski definition) is 17. The van der Waals surface area contributed by atoms with E-state index >= 15 is 0 Å². The molecule has 0 unspecified atom stereocenters. The number of carbonyl (C=O) groups excluding carboxylic acids is 12. The number of nitrogens with two attached hydrogens (primary N) is 3. The highest BCUT2D eigenvalue weighted by Gasteiger charge is 2.43. The molecule has 33 heteroatoms. The van der Waals surface area contributed by atoms with Gasteiger partial charge >= 0.3 is 12.0 Å². The average molecular weight is 1230 g/mol. The minimum absolute atomic E-state index is 0.0512. The number of amides is 13. The van der Waals surface area contributed by atoms with Gasteiger partial charge in [-0.25, -0.2) is 9.59 Å². The second-order valence-electron chi connectivity index (χ2n) is 21.4. The molecular formula is C51H87N17O14S2. The van der Waals surface area contributed by atoms with Crippen LogP contribution in [0.2, 0.25) is 0 Å². The van der Waals surface area contributed by atoms with Crippen LogP contribution in [0.25, 0.3) is 0 Å². The highest BCUT2D eigenvalue weighted by atomic mass is 32.2. The van der Waals surface area contributed by atoms with E-state index in [-0.39, 0.29) is 105 Å². The van der Waals surface area contributed by atoms with E-state index in [0.717, 1.165) is 18.6 Å². The molecule has 9 atom stereocenters.